The Balaban J connectivity index is 2.18. The van der Waals surface area contributed by atoms with E-state index in [1.165, 1.54) is 6.07 Å². The Hall–Kier alpha value is -1.10. The third kappa shape index (κ3) is 3.26. The number of carbonyl (C=O) groups is 1. The second kappa shape index (κ2) is 5.12. The van der Waals surface area contributed by atoms with Gasteiger partial charge in [-0.15, -0.1) is 0 Å². The monoisotopic (exact) mass is 329 g/mol. The van der Waals surface area contributed by atoms with Gasteiger partial charge in [-0.1, -0.05) is 15.9 Å². The number of hydrogen-bond acceptors (Lipinski definition) is 2. The molecule has 0 radical (unpaired) electrons. The van der Waals surface area contributed by atoms with Crippen LogP contribution in [0.4, 0.5) is 9.18 Å². The van der Waals surface area contributed by atoms with Crippen molar-refractivity contribution < 1.29 is 13.9 Å². The number of fused-ring (bicyclic) bond motifs is 1. The molecule has 0 N–H and O–H groups in total. The Morgan fingerprint density at radius 3 is 2.68 bits per heavy atom. The minimum absolute atomic E-state index is 0.206. The molecule has 0 aromatic heterocycles. The Kier molecular flexibility index (Phi) is 3.85. The first kappa shape index (κ1) is 14.3. The number of halogens is 2. The lowest BCUT2D eigenvalue weighted by Gasteiger charge is -2.31. The summed E-state index contributed by atoms with van der Waals surface area (Å²) in [6, 6.07) is 3.12. The van der Waals surface area contributed by atoms with Gasteiger partial charge in [-0.2, -0.15) is 0 Å². The molecule has 0 fully saturated rings. The van der Waals surface area contributed by atoms with E-state index in [1.54, 1.807) is 11.0 Å². The Morgan fingerprint density at radius 1 is 1.37 bits per heavy atom. The average Bonchev–Trinajstić information content (AvgIpc) is 2.31. The number of amides is 1. The number of hydrogen-bond donors (Lipinski definition) is 0. The van der Waals surface area contributed by atoms with Crippen molar-refractivity contribution in [2.45, 2.75) is 39.3 Å². The molecule has 1 aliphatic rings. The van der Waals surface area contributed by atoms with Gasteiger partial charge in [0.25, 0.3) is 0 Å². The molecule has 0 unspecified atom stereocenters. The second-order valence-electron chi connectivity index (χ2n) is 5.64. The van der Waals surface area contributed by atoms with Gasteiger partial charge in [0, 0.05) is 11.0 Å². The van der Waals surface area contributed by atoms with Crippen LogP contribution in [0.1, 0.15) is 31.9 Å². The van der Waals surface area contributed by atoms with Gasteiger partial charge in [-0.3, -0.25) is 0 Å². The van der Waals surface area contributed by atoms with Crippen LogP contribution in [0.25, 0.3) is 0 Å². The SMILES string of the molecule is CC(C)(C)OC(=O)N1CCc2c(F)ccc(Br)c2C1. The second-order valence-corrected chi connectivity index (χ2v) is 6.49. The Labute approximate surface area is 120 Å². The summed E-state index contributed by atoms with van der Waals surface area (Å²) in [7, 11) is 0. The van der Waals surface area contributed by atoms with Crippen LogP contribution in [0.5, 0.6) is 0 Å². The highest BCUT2D eigenvalue weighted by Crippen LogP contribution is 2.29. The minimum Gasteiger partial charge on any atom is -0.444 e. The maximum atomic E-state index is 13.7. The molecule has 1 aromatic rings. The van der Waals surface area contributed by atoms with E-state index in [1.807, 2.05) is 20.8 Å². The van der Waals surface area contributed by atoms with Crippen LogP contribution < -0.4 is 0 Å². The fraction of sp³-hybridized carbons (Fsp3) is 0.500. The van der Waals surface area contributed by atoms with Crippen LogP contribution in [0.15, 0.2) is 16.6 Å². The Bertz CT molecular complexity index is 511. The van der Waals surface area contributed by atoms with E-state index in [-0.39, 0.29) is 11.9 Å². The van der Waals surface area contributed by atoms with Crippen LogP contribution in [-0.4, -0.2) is 23.1 Å². The summed E-state index contributed by atoms with van der Waals surface area (Å²) >= 11 is 3.41. The normalized spacial score (nSPS) is 15.1. The van der Waals surface area contributed by atoms with Crippen LogP contribution in [0.3, 0.4) is 0 Å². The van der Waals surface area contributed by atoms with Gasteiger partial charge in [0.15, 0.2) is 0 Å². The van der Waals surface area contributed by atoms with Crippen LogP contribution in [0, 0.1) is 5.82 Å². The van der Waals surface area contributed by atoms with Gasteiger partial charge in [0.2, 0.25) is 0 Å². The van der Waals surface area contributed by atoms with E-state index in [9.17, 15) is 9.18 Å². The van der Waals surface area contributed by atoms with Crippen molar-refractivity contribution in [1.82, 2.24) is 4.90 Å². The van der Waals surface area contributed by atoms with Gasteiger partial charge >= 0.3 is 6.09 Å². The van der Waals surface area contributed by atoms with E-state index in [0.29, 0.717) is 25.1 Å². The number of benzene rings is 1. The molecule has 1 amide bonds. The largest absolute Gasteiger partial charge is 0.444 e. The molecular weight excluding hydrogens is 313 g/mol. The molecular formula is C14H17BrFNO2. The van der Waals surface area contributed by atoms with Crippen molar-refractivity contribution in [3.8, 4) is 0 Å². The first-order valence-corrected chi connectivity index (χ1v) is 7.01. The summed E-state index contributed by atoms with van der Waals surface area (Å²) in [5, 5.41) is 0. The zero-order chi connectivity index (χ0) is 14.2. The molecule has 1 aromatic carbocycles. The van der Waals surface area contributed by atoms with Gasteiger partial charge in [0.1, 0.15) is 11.4 Å². The maximum absolute atomic E-state index is 13.7. The predicted molar refractivity (Wildman–Crippen MR) is 74.4 cm³/mol. The van der Waals surface area contributed by atoms with Gasteiger partial charge < -0.3 is 9.64 Å². The van der Waals surface area contributed by atoms with Gasteiger partial charge in [0.05, 0.1) is 6.54 Å². The standard InChI is InChI=1S/C14H17BrFNO2/c1-14(2,3)19-13(18)17-7-6-9-10(8-17)11(15)4-5-12(9)16/h4-5H,6-8H2,1-3H3. The highest BCUT2D eigenvalue weighted by Gasteiger charge is 2.27. The molecule has 104 valence electrons. The molecule has 3 nitrogen and oxygen atoms in total. The van der Waals surface area contributed by atoms with Gasteiger partial charge in [-0.05, 0) is 50.5 Å². The number of nitrogens with zero attached hydrogens (tertiary/aromatic N) is 1. The molecule has 2 rings (SSSR count). The van der Waals surface area contributed by atoms with E-state index in [2.05, 4.69) is 15.9 Å². The number of carbonyl (C=O) groups excluding carboxylic acids is 1. The maximum Gasteiger partial charge on any atom is 0.410 e. The topological polar surface area (TPSA) is 29.5 Å². The van der Waals surface area contributed by atoms with Crippen LogP contribution in [0.2, 0.25) is 0 Å². The summed E-state index contributed by atoms with van der Waals surface area (Å²) in [5.41, 5.74) is 1.00. The summed E-state index contributed by atoms with van der Waals surface area (Å²) < 4.78 is 19.9. The van der Waals surface area contributed by atoms with Gasteiger partial charge in [-0.25, -0.2) is 9.18 Å². The smallest absolute Gasteiger partial charge is 0.410 e. The molecule has 0 saturated heterocycles. The molecule has 0 saturated carbocycles. The highest BCUT2D eigenvalue weighted by molar-refractivity contribution is 9.10. The van der Waals surface area contributed by atoms with E-state index in [0.717, 1.165) is 10.0 Å². The predicted octanol–water partition coefficient (Wildman–Crippen LogP) is 3.88. The summed E-state index contributed by atoms with van der Waals surface area (Å²) in [4.78, 5) is 13.6. The Morgan fingerprint density at radius 2 is 2.05 bits per heavy atom. The minimum atomic E-state index is -0.517. The lowest BCUT2D eigenvalue weighted by Crippen LogP contribution is -2.40. The van der Waals surface area contributed by atoms with Crippen molar-refractivity contribution in [3.63, 3.8) is 0 Å². The average molecular weight is 330 g/mol. The molecule has 0 atom stereocenters. The zero-order valence-electron chi connectivity index (χ0n) is 11.3. The van der Waals surface area contributed by atoms with Crippen molar-refractivity contribution >= 4 is 22.0 Å². The van der Waals surface area contributed by atoms with E-state index in [4.69, 9.17) is 4.74 Å². The lowest BCUT2D eigenvalue weighted by atomic mass is 9.99. The van der Waals surface area contributed by atoms with E-state index >= 15 is 0 Å². The molecule has 0 spiro atoms. The van der Waals surface area contributed by atoms with Crippen molar-refractivity contribution in [2.24, 2.45) is 0 Å². The lowest BCUT2D eigenvalue weighted by molar-refractivity contribution is 0.0222. The molecule has 0 aliphatic carbocycles. The molecule has 0 bridgehead atoms. The fourth-order valence-corrected chi connectivity index (χ4v) is 2.57. The van der Waals surface area contributed by atoms with Crippen molar-refractivity contribution in [1.29, 1.82) is 0 Å². The highest BCUT2D eigenvalue weighted by atomic mass is 79.9. The zero-order valence-corrected chi connectivity index (χ0v) is 12.9. The molecule has 1 heterocycles. The van der Waals surface area contributed by atoms with Crippen LogP contribution in [-0.2, 0) is 17.7 Å². The quantitative estimate of drug-likeness (QED) is 0.722. The van der Waals surface area contributed by atoms with Crippen LogP contribution >= 0.6 is 15.9 Å². The van der Waals surface area contributed by atoms with E-state index < -0.39 is 5.60 Å². The molecule has 1 aliphatic heterocycles. The first-order chi connectivity index (χ1) is 8.78. The molecule has 5 heteroatoms. The fourth-order valence-electron chi connectivity index (χ4n) is 2.08. The third-order valence-electron chi connectivity index (χ3n) is 2.95. The summed E-state index contributed by atoms with van der Waals surface area (Å²) in [6.07, 6.45) is 0.161. The first-order valence-electron chi connectivity index (χ1n) is 6.21. The van der Waals surface area contributed by atoms with Crippen molar-refractivity contribution in [2.75, 3.05) is 6.54 Å². The van der Waals surface area contributed by atoms with Crippen molar-refractivity contribution in [3.05, 3.63) is 33.5 Å². The summed E-state index contributed by atoms with van der Waals surface area (Å²) in [6.45, 7) is 6.35. The number of ether oxygens (including phenoxy) is 1. The third-order valence-corrected chi connectivity index (χ3v) is 3.69. The summed E-state index contributed by atoms with van der Waals surface area (Å²) in [5.74, 6) is -0.206. The number of rotatable bonds is 0. The molecule has 19 heavy (non-hydrogen) atoms.